The van der Waals surface area contributed by atoms with E-state index in [4.69, 9.17) is 24.7 Å². The van der Waals surface area contributed by atoms with Gasteiger partial charge >= 0.3 is 0 Å². The average Bonchev–Trinajstić information content (AvgIpc) is 1.56. The highest BCUT2D eigenvalue weighted by Crippen LogP contribution is 2.42. The Labute approximate surface area is 462 Å². The van der Waals surface area contributed by atoms with E-state index in [1.54, 1.807) is 12.1 Å². The summed E-state index contributed by atoms with van der Waals surface area (Å²) < 4.78 is 353. The maximum atomic E-state index is 10.9. The molecule has 13 aromatic rings. The number of rotatable bonds is 10. The lowest BCUT2D eigenvalue weighted by Gasteiger charge is -2.34. The van der Waals surface area contributed by atoms with Crippen molar-refractivity contribution in [3.8, 4) is 11.4 Å². The first-order valence-electron chi connectivity index (χ1n) is 39.7. The molecular formula is C66H48N2Si2. The second-order valence-electron chi connectivity index (χ2n) is 15.6. The molecule has 0 aliphatic rings. The summed E-state index contributed by atoms with van der Waals surface area (Å²) in [7, 11) is -12.7. The van der Waals surface area contributed by atoms with Gasteiger partial charge in [0.1, 0.15) is 0 Å². The highest BCUT2D eigenvalue weighted by molar-refractivity contribution is 7.20. The minimum Gasteiger partial charge on any atom is -0.309 e. The molecule has 70 heavy (non-hydrogen) atoms. The molecule has 0 atom stereocenters. The summed E-state index contributed by atoms with van der Waals surface area (Å²) in [4.78, 5) is 0. The highest BCUT2D eigenvalue weighted by Gasteiger charge is 2.43. The molecule has 0 bridgehead atoms. The second-order valence-corrected chi connectivity index (χ2v) is 22.6. The fourth-order valence-corrected chi connectivity index (χ4v) is 16.7. The molecule has 0 aliphatic carbocycles. The number of hydrogen-bond acceptors (Lipinski definition) is 0. The zero-order valence-electron chi connectivity index (χ0n) is 72.7. The number of hydrogen-bond donors (Lipinski definition) is 0. The third-order valence-corrected chi connectivity index (χ3v) is 20.3. The lowest BCUT2D eigenvalue weighted by atomic mass is 10.1. The molecule has 0 amide bonds. The molecule has 11 aromatic carbocycles. The van der Waals surface area contributed by atoms with E-state index in [-0.39, 0.29) is 43.6 Å². The van der Waals surface area contributed by atoms with E-state index >= 15 is 0 Å². The monoisotopic (exact) mass is 962 g/mol. The lowest BCUT2D eigenvalue weighted by Crippen LogP contribution is -2.74. The number of fused-ring (bicyclic) bond motifs is 7. The van der Waals surface area contributed by atoms with Crippen molar-refractivity contribution < 1.29 is 50.7 Å². The lowest BCUT2D eigenvalue weighted by molar-refractivity contribution is 1.18. The highest BCUT2D eigenvalue weighted by atomic mass is 28.3. The Morgan fingerprint density at radius 3 is 1.16 bits per heavy atom. The standard InChI is InChI=1S/C66H48N2Si2/c1-7-27-51(28-8-1)69(52-29-9-2-10-30-52,53-31-11-3-12-32-53)57-39-23-25-49(47-57)67-63-44-22-20-42-61(63)65-64(67)46-45-60-59-41-19-21-43-62(59)68(66(60)65)50-26-24-40-58(48-50)70(54-33-13-4-14-34-54,55-35-15-5-16-36-55)56-37-17-6-18-38-56/h1-48H/i1D,2D,3D,4D,5D,6D,7D,8D,9D,10D,11D,12D,13D,14D,15D,16D,17D,18D,23D,24D,25D,26D,27D,28D,29D,30D,31D,32D,33D,34D,35D,36D,37D,39D,40D,47D,48D. The molecule has 0 aliphatic heterocycles. The van der Waals surface area contributed by atoms with Crippen LogP contribution in [0.3, 0.4) is 0 Å². The van der Waals surface area contributed by atoms with Crippen molar-refractivity contribution in [1.82, 2.24) is 9.13 Å². The van der Waals surface area contributed by atoms with Crippen LogP contribution in [0.4, 0.5) is 0 Å². The predicted octanol–water partition coefficient (Wildman–Crippen LogP) is 10.6. The summed E-state index contributed by atoms with van der Waals surface area (Å²) in [5, 5.41) is -7.73. The van der Waals surface area contributed by atoms with Crippen molar-refractivity contribution >= 4 is 101 Å². The van der Waals surface area contributed by atoms with Crippen LogP contribution in [0.2, 0.25) is 0 Å². The van der Waals surface area contributed by atoms with Crippen LogP contribution in [0.1, 0.15) is 50.7 Å². The second kappa shape index (κ2) is 17.2. The molecule has 4 heteroatoms. The van der Waals surface area contributed by atoms with Gasteiger partial charge in [-0.05, 0) is 83.9 Å². The topological polar surface area (TPSA) is 9.86 Å². The Hall–Kier alpha value is -8.55. The van der Waals surface area contributed by atoms with Gasteiger partial charge in [-0.15, -0.1) is 0 Å². The van der Waals surface area contributed by atoms with Gasteiger partial charge in [-0.1, -0.05) is 248 Å². The summed E-state index contributed by atoms with van der Waals surface area (Å²) in [5.41, 5.74) is -1.76. The van der Waals surface area contributed by atoms with Crippen LogP contribution in [0.25, 0.3) is 55.0 Å². The van der Waals surface area contributed by atoms with Gasteiger partial charge in [0.2, 0.25) is 0 Å². The van der Waals surface area contributed by atoms with Crippen molar-refractivity contribution in [2.75, 3.05) is 0 Å². The molecule has 2 heterocycles. The van der Waals surface area contributed by atoms with Crippen molar-refractivity contribution in [1.29, 1.82) is 0 Å². The van der Waals surface area contributed by atoms with Gasteiger partial charge in [0.15, 0.2) is 16.1 Å². The van der Waals surface area contributed by atoms with Gasteiger partial charge in [0.05, 0.1) is 72.8 Å². The Morgan fingerprint density at radius 2 is 0.657 bits per heavy atom. The normalized spacial score (nSPS) is 19.4. The molecule has 0 unspecified atom stereocenters. The Morgan fingerprint density at radius 1 is 0.271 bits per heavy atom. The fraction of sp³-hybridized carbons (Fsp3) is 0. The first-order chi connectivity index (χ1) is 50.1. The smallest absolute Gasteiger partial charge is 0.179 e. The average molecular weight is 963 g/mol. The summed E-state index contributed by atoms with van der Waals surface area (Å²) in [6.45, 7) is 0. The largest absolute Gasteiger partial charge is 0.309 e. The molecule has 13 rings (SSSR count). The van der Waals surface area contributed by atoms with E-state index in [9.17, 15) is 26.0 Å². The zero-order valence-corrected chi connectivity index (χ0v) is 37.7. The fourth-order valence-electron chi connectivity index (χ4n) is 9.45. The van der Waals surface area contributed by atoms with E-state index in [1.807, 2.05) is 0 Å². The molecule has 0 fully saturated rings. The van der Waals surface area contributed by atoms with Crippen LogP contribution >= 0.6 is 0 Å². The molecule has 0 N–H and O–H groups in total. The van der Waals surface area contributed by atoms with Crippen molar-refractivity contribution in [2.45, 2.75) is 0 Å². The predicted molar refractivity (Wildman–Crippen MR) is 302 cm³/mol. The number of para-hydroxylation sites is 2. The van der Waals surface area contributed by atoms with E-state index in [0.717, 1.165) is 6.07 Å². The van der Waals surface area contributed by atoms with Gasteiger partial charge in [0.25, 0.3) is 0 Å². The Bertz CT molecular complexity index is 5880. The molecule has 0 radical (unpaired) electrons. The van der Waals surface area contributed by atoms with Gasteiger partial charge in [-0.2, -0.15) is 0 Å². The van der Waals surface area contributed by atoms with Crippen LogP contribution in [0.15, 0.2) is 290 Å². The Balaban J connectivity index is 1.29. The molecule has 2 aromatic heterocycles. The van der Waals surface area contributed by atoms with Crippen molar-refractivity contribution in [2.24, 2.45) is 0 Å². The molecule has 2 nitrogen and oxygen atoms in total. The van der Waals surface area contributed by atoms with Crippen LogP contribution in [0.5, 0.6) is 0 Å². The van der Waals surface area contributed by atoms with Crippen LogP contribution in [-0.2, 0) is 0 Å². The maximum absolute atomic E-state index is 10.9. The molecule has 0 saturated heterocycles. The number of aromatic nitrogens is 2. The minimum absolute atomic E-state index is 0.0137. The minimum atomic E-state index is -6.44. The van der Waals surface area contributed by atoms with Crippen molar-refractivity contribution in [3.63, 3.8) is 0 Å². The van der Waals surface area contributed by atoms with E-state index in [0.29, 0.717) is 0 Å². The first kappa shape index (κ1) is 18.4. The van der Waals surface area contributed by atoms with Crippen LogP contribution in [0, 0.1) is 0 Å². The summed E-state index contributed by atoms with van der Waals surface area (Å²) in [6, 6.07) is -26.6. The van der Waals surface area contributed by atoms with E-state index < -0.39 is 293 Å². The number of nitrogens with zero attached hydrogens (tertiary/aromatic N) is 2. The van der Waals surface area contributed by atoms with Crippen LogP contribution in [-0.4, -0.2) is 25.3 Å². The van der Waals surface area contributed by atoms with E-state index in [1.165, 1.54) is 57.7 Å². The molecule has 0 spiro atoms. The van der Waals surface area contributed by atoms with Gasteiger partial charge in [-0.25, -0.2) is 0 Å². The first-order valence-corrected chi connectivity index (χ1v) is 25.2. The van der Waals surface area contributed by atoms with Gasteiger partial charge < -0.3 is 9.13 Å². The molecule has 0 saturated carbocycles. The molecule has 330 valence electrons. The summed E-state index contributed by atoms with van der Waals surface area (Å²) in [6.07, 6.45) is 0. The quantitative estimate of drug-likeness (QED) is 0.0955. The Kier molecular flexibility index (Phi) is 4.52. The van der Waals surface area contributed by atoms with Gasteiger partial charge in [-0.3, -0.25) is 0 Å². The number of benzene rings is 11. The molecular weight excluding hydrogens is 877 g/mol. The summed E-state index contributed by atoms with van der Waals surface area (Å²) >= 11 is 0. The third kappa shape index (κ3) is 6.38. The SMILES string of the molecule is [2H]c1cc([Si](c2c([2H])c([2H])c([2H])c([2H])c2[2H])(c2c([2H])c([2H])c([2H])c([2H])c2[2H])c2c([2H])c([2H])c([2H])c(-n3c4ccccc4c4ccc5c(c6ccccc6n5-c5c([2H])c([2H])c([2H])c([Si](c6c([2H])c([2H])c([2H])c([2H])c6[2H])(c6c([2H])c([2H])c([2H])c([2H])c6[2H])c6c([2H])c([2H])c([2H])c([2H])c6[2H])c5[2H])c43)c2[2H])c([2H])c([2H])c1[2H]. The van der Waals surface area contributed by atoms with Gasteiger partial charge in [0, 0.05) is 32.9 Å². The maximum Gasteiger partial charge on any atom is 0.179 e. The zero-order chi connectivity index (χ0) is 78.7. The van der Waals surface area contributed by atoms with Crippen molar-refractivity contribution in [3.05, 3.63) is 290 Å². The third-order valence-electron chi connectivity index (χ3n) is 12.2. The van der Waals surface area contributed by atoms with E-state index in [2.05, 4.69) is 0 Å². The van der Waals surface area contributed by atoms with Crippen LogP contribution < -0.4 is 41.5 Å². The summed E-state index contributed by atoms with van der Waals surface area (Å²) in [5.74, 6) is 0.